The molecule has 1 N–H and O–H groups in total. The topological polar surface area (TPSA) is 58.6 Å². The van der Waals surface area contributed by atoms with Crippen molar-refractivity contribution in [3.8, 4) is 5.75 Å². The van der Waals surface area contributed by atoms with Crippen molar-refractivity contribution in [3.05, 3.63) is 64.7 Å². The fourth-order valence-corrected chi connectivity index (χ4v) is 3.04. The molecule has 1 saturated heterocycles. The van der Waals surface area contributed by atoms with Gasteiger partial charge in [-0.25, -0.2) is 4.79 Å². The number of urea groups is 1. The summed E-state index contributed by atoms with van der Waals surface area (Å²) >= 11 is 6.02. The van der Waals surface area contributed by atoms with Crippen LogP contribution in [-0.2, 0) is 16.9 Å². The van der Waals surface area contributed by atoms with Crippen molar-refractivity contribution in [2.75, 3.05) is 7.11 Å². The molecule has 24 heavy (non-hydrogen) atoms. The minimum atomic E-state index is -1.08. The van der Waals surface area contributed by atoms with Crippen molar-refractivity contribution < 1.29 is 14.3 Å². The Morgan fingerprint density at radius 3 is 2.54 bits per heavy atom. The van der Waals surface area contributed by atoms with Crippen LogP contribution < -0.4 is 10.1 Å². The van der Waals surface area contributed by atoms with Crippen molar-refractivity contribution in [2.24, 2.45) is 0 Å². The van der Waals surface area contributed by atoms with Gasteiger partial charge in [0.05, 0.1) is 13.7 Å². The third-order valence-corrected chi connectivity index (χ3v) is 4.43. The summed E-state index contributed by atoms with van der Waals surface area (Å²) in [5, 5.41) is 3.30. The Morgan fingerprint density at radius 2 is 1.88 bits per heavy atom. The highest BCUT2D eigenvalue weighted by molar-refractivity contribution is 6.30. The van der Waals surface area contributed by atoms with E-state index in [2.05, 4.69) is 5.32 Å². The van der Waals surface area contributed by atoms with Gasteiger partial charge in [0.1, 0.15) is 11.3 Å². The van der Waals surface area contributed by atoms with Gasteiger partial charge in [-0.15, -0.1) is 0 Å². The lowest BCUT2D eigenvalue weighted by molar-refractivity contribution is -0.131. The molecule has 0 aromatic heterocycles. The molecule has 0 radical (unpaired) electrons. The minimum Gasteiger partial charge on any atom is -0.496 e. The van der Waals surface area contributed by atoms with Gasteiger partial charge in [0.25, 0.3) is 5.91 Å². The lowest BCUT2D eigenvalue weighted by atomic mass is 9.92. The molecule has 1 fully saturated rings. The van der Waals surface area contributed by atoms with Crippen LogP contribution in [0.1, 0.15) is 18.1 Å². The van der Waals surface area contributed by atoms with Crippen LogP contribution in [0.2, 0.25) is 5.02 Å². The number of nitrogens with one attached hydrogen (secondary N) is 1. The van der Waals surface area contributed by atoms with Crippen LogP contribution >= 0.6 is 11.6 Å². The predicted octanol–water partition coefficient (Wildman–Crippen LogP) is 3.32. The quantitative estimate of drug-likeness (QED) is 0.866. The molecule has 5 nitrogen and oxygen atoms in total. The molecule has 0 saturated carbocycles. The van der Waals surface area contributed by atoms with Gasteiger partial charge < -0.3 is 10.1 Å². The number of carbonyl (C=O) groups is 2. The maximum Gasteiger partial charge on any atom is 0.325 e. The first-order valence-corrected chi connectivity index (χ1v) is 7.85. The summed E-state index contributed by atoms with van der Waals surface area (Å²) in [6.07, 6.45) is 0. The van der Waals surface area contributed by atoms with Gasteiger partial charge in [0, 0.05) is 10.6 Å². The number of benzene rings is 2. The maximum atomic E-state index is 12.9. The third kappa shape index (κ3) is 2.71. The summed E-state index contributed by atoms with van der Waals surface area (Å²) in [6, 6.07) is 13.8. The van der Waals surface area contributed by atoms with Crippen LogP contribution in [0.3, 0.4) is 0 Å². The van der Waals surface area contributed by atoms with E-state index in [0.29, 0.717) is 16.3 Å². The highest BCUT2D eigenvalue weighted by Crippen LogP contribution is 2.31. The van der Waals surface area contributed by atoms with Crippen LogP contribution in [0.25, 0.3) is 0 Å². The van der Waals surface area contributed by atoms with Crippen molar-refractivity contribution in [3.63, 3.8) is 0 Å². The monoisotopic (exact) mass is 344 g/mol. The Bertz CT molecular complexity index is 794. The molecule has 1 atom stereocenters. The number of imide groups is 1. The van der Waals surface area contributed by atoms with E-state index in [0.717, 1.165) is 5.56 Å². The number of nitrogens with zero attached hydrogens (tertiary/aromatic N) is 1. The summed E-state index contributed by atoms with van der Waals surface area (Å²) in [5.74, 6) is 0.272. The number of carbonyl (C=O) groups excluding carboxylic acids is 2. The number of hydrogen-bond donors (Lipinski definition) is 1. The van der Waals surface area contributed by atoms with Gasteiger partial charge >= 0.3 is 6.03 Å². The number of rotatable bonds is 4. The lowest BCUT2D eigenvalue weighted by Gasteiger charge is -2.22. The Labute approximate surface area is 145 Å². The van der Waals surface area contributed by atoms with E-state index in [1.54, 1.807) is 25.1 Å². The van der Waals surface area contributed by atoms with E-state index in [-0.39, 0.29) is 12.5 Å². The summed E-state index contributed by atoms with van der Waals surface area (Å²) in [6.45, 7) is 1.80. The first-order chi connectivity index (χ1) is 11.5. The zero-order valence-electron chi connectivity index (χ0n) is 13.4. The van der Waals surface area contributed by atoms with Gasteiger partial charge in [0.2, 0.25) is 0 Å². The van der Waals surface area contributed by atoms with Gasteiger partial charge in [-0.2, -0.15) is 0 Å². The van der Waals surface area contributed by atoms with E-state index in [1.807, 2.05) is 30.3 Å². The molecule has 1 aliphatic heterocycles. The Kier molecular flexibility index (Phi) is 4.20. The zero-order chi connectivity index (χ0) is 17.3. The second-order valence-electron chi connectivity index (χ2n) is 5.77. The fraction of sp³-hybridized carbons (Fsp3) is 0.222. The third-order valence-electron chi connectivity index (χ3n) is 4.20. The van der Waals surface area contributed by atoms with Crippen LogP contribution in [0.5, 0.6) is 5.75 Å². The molecular weight excluding hydrogens is 328 g/mol. The molecule has 2 aromatic rings. The molecule has 2 aromatic carbocycles. The van der Waals surface area contributed by atoms with E-state index in [1.165, 1.54) is 12.0 Å². The fourth-order valence-electron chi connectivity index (χ4n) is 2.85. The van der Waals surface area contributed by atoms with Crippen LogP contribution in [0.4, 0.5) is 4.79 Å². The molecule has 1 aliphatic rings. The van der Waals surface area contributed by atoms with E-state index in [9.17, 15) is 9.59 Å². The highest BCUT2D eigenvalue weighted by atomic mass is 35.5. The average Bonchev–Trinajstić information content (AvgIpc) is 2.80. The van der Waals surface area contributed by atoms with E-state index in [4.69, 9.17) is 16.3 Å². The normalized spacial score (nSPS) is 20.2. The summed E-state index contributed by atoms with van der Waals surface area (Å²) in [7, 11) is 1.53. The van der Waals surface area contributed by atoms with Crippen molar-refractivity contribution in [2.45, 2.75) is 19.0 Å². The van der Waals surface area contributed by atoms with E-state index >= 15 is 0 Å². The molecule has 6 heteroatoms. The second kappa shape index (κ2) is 6.17. The Balaban J connectivity index is 1.92. The van der Waals surface area contributed by atoms with E-state index < -0.39 is 11.6 Å². The number of halogens is 1. The minimum absolute atomic E-state index is 0.0941. The molecule has 124 valence electrons. The van der Waals surface area contributed by atoms with Gasteiger partial charge in [-0.05, 0) is 30.7 Å². The second-order valence-corrected chi connectivity index (χ2v) is 6.21. The van der Waals surface area contributed by atoms with Gasteiger partial charge in [0.15, 0.2) is 0 Å². The first-order valence-electron chi connectivity index (χ1n) is 7.48. The Hall–Kier alpha value is -2.53. The van der Waals surface area contributed by atoms with Crippen LogP contribution in [0, 0.1) is 0 Å². The largest absolute Gasteiger partial charge is 0.496 e. The molecule has 1 heterocycles. The first kappa shape index (κ1) is 16.3. The SMILES string of the molecule is COc1ccc(Cl)cc1CN1C(=O)N[C@](C)(c2ccccc2)C1=O. The maximum absolute atomic E-state index is 12.9. The molecular formula is C18H17ClN2O3. The van der Waals surface area contributed by atoms with Gasteiger partial charge in [-0.1, -0.05) is 41.9 Å². The summed E-state index contributed by atoms with van der Waals surface area (Å²) in [5.41, 5.74) is 0.333. The van der Waals surface area contributed by atoms with Crippen molar-refractivity contribution in [1.82, 2.24) is 10.2 Å². The predicted molar refractivity (Wildman–Crippen MR) is 90.9 cm³/mol. The van der Waals surface area contributed by atoms with Crippen molar-refractivity contribution in [1.29, 1.82) is 0 Å². The van der Waals surface area contributed by atoms with Crippen molar-refractivity contribution >= 4 is 23.5 Å². The number of amides is 3. The molecule has 3 amide bonds. The van der Waals surface area contributed by atoms with Crippen LogP contribution in [-0.4, -0.2) is 23.9 Å². The highest BCUT2D eigenvalue weighted by Gasteiger charge is 2.48. The average molecular weight is 345 g/mol. The molecule has 0 aliphatic carbocycles. The number of ether oxygens (including phenoxy) is 1. The summed E-state index contributed by atoms with van der Waals surface area (Å²) < 4.78 is 5.29. The number of methoxy groups -OCH3 is 1. The zero-order valence-corrected chi connectivity index (χ0v) is 14.1. The van der Waals surface area contributed by atoms with Gasteiger partial charge in [-0.3, -0.25) is 9.69 Å². The van der Waals surface area contributed by atoms with Crippen LogP contribution in [0.15, 0.2) is 48.5 Å². The smallest absolute Gasteiger partial charge is 0.325 e. The Morgan fingerprint density at radius 1 is 1.17 bits per heavy atom. The summed E-state index contributed by atoms with van der Waals surface area (Å²) in [4.78, 5) is 26.5. The lowest BCUT2D eigenvalue weighted by Crippen LogP contribution is -2.40. The molecule has 0 unspecified atom stereocenters. The molecule has 0 spiro atoms. The number of hydrogen-bond acceptors (Lipinski definition) is 3. The standard InChI is InChI=1S/C18H17ClN2O3/c1-18(13-6-4-3-5-7-13)16(22)21(17(23)20-18)11-12-10-14(19)8-9-15(12)24-2/h3-10H,11H2,1-2H3,(H,20,23)/t18-/m1/s1. The molecule has 0 bridgehead atoms. The molecule has 3 rings (SSSR count).